The second-order valence-electron chi connectivity index (χ2n) is 5.67. The van der Waals surface area contributed by atoms with Crippen molar-refractivity contribution in [1.29, 1.82) is 0 Å². The maximum absolute atomic E-state index is 12.2. The number of rotatable bonds is 4. The Bertz CT molecular complexity index is 894. The average molecular weight is 325 g/mol. The number of benzene rings is 1. The van der Waals surface area contributed by atoms with Crippen LogP contribution in [0.1, 0.15) is 34.2 Å². The molecule has 0 spiro atoms. The van der Waals surface area contributed by atoms with Gasteiger partial charge in [0.2, 0.25) is 5.89 Å². The summed E-state index contributed by atoms with van der Waals surface area (Å²) < 4.78 is 7.33. The van der Waals surface area contributed by atoms with Gasteiger partial charge in [-0.2, -0.15) is 5.10 Å². The van der Waals surface area contributed by atoms with E-state index in [4.69, 9.17) is 4.42 Å². The van der Waals surface area contributed by atoms with Crippen LogP contribution in [0.3, 0.4) is 0 Å². The number of aryl methyl sites for hydroxylation is 4. The lowest BCUT2D eigenvalue weighted by molar-refractivity contribution is 0.101. The van der Waals surface area contributed by atoms with Gasteiger partial charge < -0.3 is 4.42 Å². The molecule has 2 heterocycles. The Morgan fingerprint density at radius 2 is 2.00 bits per heavy atom. The van der Waals surface area contributed by atoms with Gasteiger partial charge in [-0.1, -0.05) is 22.8 Å². The molecular weight excluding hydrogens is 306 g/mol. The van der Waals surface area contributed by atoms with E-state index in [9.17, 15) is 4.79 Å². The van der Waals surface area contributed by atoms with Gasteiger partial charge in [-0.25, -0.2) is 0 Å². The molecule has 7 nitrogen and oxygen atoms in total. The number of carbonyl (C=O) groups excluding carboxylic acids is 1. The van der Waals surface area contributed by atoms with Crippen LogP contribution in [0.5, 0.6) is 0 Å². The fourth-order valence-corrected chi connectivity index (χ4v) is 2.45. The minimum Gasteiger partial charge on any atom is -0.403 e. The zero-order chi connectivity index (χ0) is 17.3. The zero-order valence-electron chi connectivity index (χ0n) is 14.1. The average Bonchev–Trinajstić information content (AvgIpc) is 3.16. The van der Waals surface area contributed by atoms with Gasteiger partial charge in [0, 0.05) is 17.8 Å². The second-order valence-corrected chi connectivity index (χ2v) is 5.67. The lowest BCUT2D eigenvalue weighted by Gasteiger charge is -2.02. The summed E-state index contributed by atoms with van der Waals surface area (Å²) in [5.41, 5.74) is 4.22. The summed E-state index contributed by atoms with van der Waals surface area (Å²) in [4.78, 5) is 12.2. The fraction of sp³-hybridized carbons (Fsp3) is 0.294. The molecule has 0 saturated heterocycles. The highest BCUT2D eigenvalue weighted by atomic mass is 16.4. The van der Waals surface area contributed by atoms with Gasteiger partial charge in [-0.3, -0.25) is 14.8 Å². The van der Waals surface area contributed by atoms with Crippen LogP contribution < -0.4 is 5.32 Å². The van der Waals surface area contributed by atoms with E-state index in [1.807, 2.05) is 45.9 Å². The van der Waals surface area contributed by atoms with Gasteiger partial charge >= 0.3 is 6.01 Å². The van der Waals surface area contributed by atoms with Crippen LogP contribution >= 0.6 is 0 Å². The van der Waals surface area contributed by atoms with Crippen molar-refractivity contribution in [1.82, 2.24) is 20.0 Å². The molecule has 0 aliphatic carbocycles. The first-order valence-corrected chi connectivity index (χ1v) is 7.75. The van der Waals surface area contributed by atoms with Crippen LogP contribution in [-0.4, -0.2) is 25.9 Å². The first kappa shape index (κ1) is 15.9. The van der Waals surface area contributed by atoms with Crippen LogP contribution in [0.25, 0.3) is 11.5 Å². The topological polar surface area (TPSA) is 85.8 Å². The Labute approximate surface area is 139 Å². The lowest BCUT2D eigenvalue weighted by atomic mass is 10.1. The largest absolute Gasteiger partial charge is 0.403 e. The summed E-state index contributed by atoms with van der Waals surface area (Å²) in [5, 5.41) is 14.7. The molecule has 0 radical (unpaired) electrons. The van der Waals surface area contributed by atoms with Gasteiger partial charge in [0.05, 0.1) is 0 Å². The number of hydrogen-bond donors (Lipinski definition) is 1. The summed E-state index contributed by atoms with van der Waals surface area (Å²) in [5.74, 6) is 0.00299. The molecule has 3 aromatic rings. The molecule has 7 heteroatoms. The molecule has 1 N–H and O–H groups in total. The molecule has 0 atom stereocenters. The SMILES string of the molecule is CCn1nc(C(=O)Nc2nnc(-c3cc(C)ccc3C)o2)cc1C. The summed E-state index contributed by atoms with van der Waals surface area (Å²) in [6.07, 6.45) is 0. The number of nitrogens with one attached hydrogen (secondary N) is 1. The monoisotopic (exact) mass is 325 g/mol. The Morgan fingerprint density at radius 1 is 1.21 bits per heavy atom. The second kappa shape index (κ2) is 6.27. The first-order chi connectivity index (χ1) is 11.5. The van der Waals surface area contributed by atoms with Gasteiger partial charge in [0.1, 0.15) is 0 Å². The molecule has 24 heavy (non-hydrogen) atoms. The predicted molar refractivity (Wildman–Crippen MR) is 89.8 cm³/mol. The van der Waals surface area contributed by atoms with E-state index >= 15 is 0 Å². The van der Waals surface area contributed by atoms with Crippen LogP contribution in [-0.2, 0) is 6.54 Å². The predicted octanol–water partition coefficient (Wildman–Crippen LogP) is 3.13. The summed E-state index contributed by atoms with van der Waals surface area (Å²) >= 11 is 0. The van der Waals surface area contributed by atoms with Crippen molar-refractivity contribution in [2.75, 3.05) is 5.32 Å². The highest BCUT2D eigenvalue weighted by Crippen LogP contribution is 2.24. The normalized spacial score (nSPS) is 10.8. The first-order valence-electron chi connectivity index (χ1n) is 7.75. The number of anilines is 1. The summed E-state index contributed by atoms with van der Waals surface area (Å²) in [7, 11) is 0. The van der Waals surface area contributed by atoms with Gasteiger partial charge in [0.25, 0.3) is 5.91 Å². The molecule has 0 bridgehead atoms. The smallest absolute Gasteiger partial charge is 0.322 e. The minimum absolute atomic E-state index is 0.0552. The molecule has 1 amide bonds. The molecule has 0 aliphatic rings. The molecule has 3 rings (SSSR count). The number of aromatic nitrogens is 4. The van der Waals surface area contributed by atoms with Crippen molar-refractivity contribution < 1.29 is 9.21 Å². The quantitative estimate of drug-likeness (QED) is 0.796. The van der Waals surface area contributed by atoms with Gasteiger partial charge in [-0.15, -0.1) is 5.10 Å². The Kier molecular flexibility index (Phi) is 4.16. The minimum atomic E-state index is -0.374. The molecule has 0 aliphatic heterocycles. The van der Waals surface area contributed by atoms with Crippen molar-refractivity contribution in [2.24, 2.45) is 0 Å². The zero-order valence-corrected chi connectivity index (χ0v) is 14.1. The fourth-order valence-electron chi connectivity index (χ4n) is 2.45. The molecule has 2 aromatic heterocycles. The number of carbonyl (C=O) groups is 1. The van der Waals surface area contributed by atoms with Gasteiger partial charge in [0.15, 0.2) is 5.69 Å². The van der Waals surface area contributed by atoms with Crippen molar-refractivity contribution >= 4 is 11.9 Å². The van der Waals surface area contributed by atoms with E-state index in [1.54, 1.807) is 10.7 Å². The third-order valence-corrected chi connectivity index (χ3v) is 3.78. The van der Waals surface area contributed by atoms with Crippen molar-refractivity contribution in [3.63, 3.8) is 0 Å². The maximum atomic E-state index is 12.2. The van der Waals surface area contributed by atoms with Crippen LogP contribution in [0.15, 0.2) is 28.7 Å². The Balaban J connectivity index is 1.80. The molecule has 1 aromatic carbocycles. The lowest BCUT2D eigenvalue weighted by Crippen LogP contribution is -2.13. The van der Waals surface area contributed by atoms with Crippen LogP contribution in [0.2, 0.25) is 0 Å². The van der Waals surface area contributed by atoms with E-state index in [2.05, 4.69) is 20.6 Å². The molecular formula is C17H19N5O2. The van der Waals surface area contributed by atoms with Crippen molar-refractivity contribution in [3.05, 3.63) is 46.8 Å². The van der Waals surface area contributed by atoms with Crippen LogP contribution in [0.4, 0.5) is 6.01 Å². The molecule has 0 saturated carbocycles. The highest BCUT2D eigenvalue weighted by molar-refractivity contribution is 6.01. The molecule has 124 valence electrons. The van der Waals surface area contributed by atoms with Crippen molar-refractivity contribution in [2.45, 2.75) is 34.2 Å². The van der Waals surface area contributed by atoms with Gasteiger partial charge in [-0.05, 0) is 45.4 Å². The third kappa shape index (κ3) is 3.05. The third-order valence-electron chi connectivity index (χ3n) is 3.78. The molecule has 0 unspecified atom stereocenters. The number of nitrogens with zero attached hydrogens (tertiary/aromatic N) is 4. The summed E-state index contributed by atoms with van der Waals surface area (Å²) in [6, 6.07) is 7.76. The number of hydrogen-bond acceptors (Lipinski definition) is 5. The highest BCUT2D eigenvalue weighted by Gasteiger charge is 2.16. The van der Waals surface area contributed by atoms with E-state index < -0.39 is 0 Å². The number of amides is 1. The van der Waals surface area contributed by atoms with Crippen LogP contribution in [0, 0.1) is 20.8 Å². The molecule has 0 fully saturated rings. The van der Waals surface area contributed by atoms with E-state index in [-0.39, 0.29) is 11.9 Å². The summed E-state index contributed by atoms with van der Waals surface area (Å²) in [6.45, 7) is 8.54. The van der Waals surface area contributed by atoms with E-state index in [0.29, 0.717) is 18.1 Å². The Morgan fingerprint density at radius 3 is 2.71 bits per heavy atom. The van der Waals surface area contributed by atoms with Crippen molar-refractivity contribution in [3.8, 4) is 11.5 Å². The van der Waals surface area contributed by atoms with E-state index in [1.165, 1.54) is 0 Å². The Hall–Kier alpha value is -2.96. The standard InChI is InChI=1S/C17H19N5O2/c1-5-22-12(4)9-14(21-22)15(23)18-17-20-19-16(24-17)13-8-10(2)6-7-11(13)3/h6-9H,5H2,1-4H3,(H,18,20,23). The maximum Gasteiger partial charge on any atom is 0.322 e. The van der Waals surface area contributed by atoms with E-state index in [0.717, 1.165) is 22.4 Å².